The third-order valence-electron chi connectivity index (χ3n) is 4.90. The Hall–Kier alpha value is -2.08. The third-order valence-corrected chi connectivity index (χ3v) is 4.90. The summed E-state index contributed by atoms with van der Waals surface area (Å²) in [6, 6.07) is 8.06. The zero-order valence-corrected chi connectivity index (χ0v) is 14.2. The Morgan fingerprint density at radius 3 is 2.96 bits per heavy atom. The van der Waals surface area contributed by atoms with E-state index in [9.17, 15) is 4.79 Å². The first-order chi connectivity index (χ1) is 11.6. The topological polar surface area (TPSA) is 59.4 Å². The van der Waals surface area contributed by atoms with Gasteiger partial charge >= 0.3 is 6.03 Å². The van der Waals surface area contributed by atoms with Gasteiger partial charge in [-0.1, -0.05) is 26.0 Å². The highest BCUT2D eigenvalue weighted by Crippen LogP contribution is 2.33. The van der Waals surface area contributed by atoms with Gasteiger partial charge in [0, 0.05) is 13.1 Å². The van der Waals surface area contributed by atoms with Gasteiger partial charge in [0.05, 0.1) is 29.8 Å². The number of para-hydroxylation sites is 2. The quantitative estimate of drug-likeness (QED) is 0.937. The lowest BCUT2D eigenvalue weighted by molar-refractivity contribution is 0.0985. The van der Waals surface area contributed by atoms with Crippen molar-refractivity contribution in [1.29, 1.82) is 0 Å². The van der Waals surface area contributed by atoms with Gasteiger partial charge in [0.1, 0.15) is 0 Å². The van der Waals surface area contributed by atoms with Crippen molar-refractivity contribution in [3.63, 3.8) is 0 Å². The molecule has 3 heterocycles. The highest BCUT2D eigenvalue weighted by molar-refractivity contribution is 5.93. The van der Waals surface area contributed by atoms with E-state index in [4.69, 9.17) is 9.72 Å². The fourth-order valence-corrected chi connectivity index (χ4v) is 3.60. The number of anilines is 1. The first-order valence-electron chi connectivity index (χ1n) is 8.77. The first-order valence-corrected chi connectivity index (χ1v) is 8.77. The molecule has 0 unspecified atom stereocenters. The molecule has 1 amide bonds. The number of rotatable bonds is 4. The summed E-state index contributed by atoms with van der Waals surface area (Å²) < 4.78 is 7.42. The van der Waals surface area contributed by atoms with Gasteiger partial charge in [-0.2, -0.15) is 0 Å². The average Bonchev–Trinajstić information content (AvgIpc) is 3.27. The van der Waals surface area contributed by atoms with E-state index in [0.29, 0.717) is 18.5 Å². The maximum absolute atomic E-state index is 12.8. The molecule has 128 valence electrons. The van der Waals surface area contributed by atoms with Gasteiger partial charge in [-0.25, -0.2) is 14.3 Å². The lowest BCUT2D eigenvalue weighted by Gasteiger charge is -2.28. The van der Waals surface area contributed by atoms with Gasteiger partial charge in [0.25, 0.3) is 0 Å². The molecule has 1 aromatic heterocycles. The van der Waals surface area contributed by atoms with Crippen LogP contribution in [0.1, 0.15) is 26.7 Å². The lowest BCUT2D eigenvalue weighted by atomic mass is 10.1. The highest BCUT2D eigenvalue weighted by atomic mass is 16.5. The number of hydrogen-bond acceptors (Lipinski definition) is 4. The molecule has 6 heteroatoms. The molecule has 0 spiro atoms. The van der Waals surface area contributed by atoms with Gasteiger partial charge in [0.2, 0.25) is 5.95 Å². The molecule has 0 saturated carbocycles. The standard InChI is InChI=1S/C18H24N4O2/c1-12(2)7-8-19-18(23)22-16-6-4-3-5-15(16)20-17(22)21-10-14-9-13(21)11-24-14/h3-6,12-14H,7-11H2,1-2H3,(H,19,23)/t13-,14-/m1/s1. The van der Waals surface area contributed by atoms with Crippen molar-refractivity contribution in [2.24, 2.45) is 5.92 Å². The molecule has 2 saturated heterocycles. The number of carbonyl (C=O) groups excluding carboxylic acids is 1. The van der Waals surface area contributed by atoms with E-state index in [2.05, 4.69) is 24.1 Å². The number of ether oxygens (including phenoxy) is 1. The number of nitrogens with zero attached hydrogens (tertiary/aromatic N) is 3. The van der Waals surface area contributed by atoms with E-state index in [-0.39, 0.29) is 12.1 Å². The number of amides is 1. The predicted molar refractivity (Wildman–Crippen MR) is 93.5 cm³/mol. The minimum Gasteiger partial charge on any atom is -0.374 e. The number of carbonyl (C=O) groups is 1. The predicted octanol–water partition coefficient (Wildman–Crippen LogP) is 2.62. The van der Waals surface area contributed by atoms with E-state index in [1.807, 2.05) is 24.3 Å². The van der Waals surface area contributed by atoms with E-state index < -0.39 is 0 Å². The molecule has 1 aromatic carbocycles. The zero-order chi connectivity index (χ0) is 16.7. The lowest BCUT2D eigenvalue weighted by Crippen LogP contribution is -2.41. The second-order valence-corrected chi connectivity index (χ2v) is 7.15. The van der Waals surface area contributed by atoms with E-state index >= 15 is 0 Å². The van der Waals surface area contributed by atoms with E-state index in [0.717, 1.165) is 43.0 Å². The molecule has 24 heavy (non-hydrogen) atoms. The van der Waals surface area contributed by atoms with Crippen molar-refractivity contribution in [1.82, 2.24) is 14.9 Å². The molecule has 2 fully saturated rings. The van der Waals surface area contributed by atoms with Crippen LogP contribution in [-0.4, -0.2) is 47.4 Å². The van der Waals surface area contributed by atoms with Crippen LogP contribution in [0.3, 0.4) is 0 Å². The van der Waals surface area contributed by atoms with Crippen LogP contribution in [0.5, 0.6) is 0 Å². The molecular weight excluding hydrogens is 304 g/mol. The number of aromatic nitrogens is 2. The van der Waals surface area contributed by atoms with Gasteiger partial charge in [-0.05, 0) is 30.9 Å². The number of fused-ring (bicyclic) bond motifs is 3. The van der Waals surface area contributed by atoms with Crippen LogP contribution in [0.15, 0.2) is 24.3 Å². The molecule has 6 nitrogen and oxygen atoms in total. The minimum absolute atomic E-state index is 0.0944. The number of imidazole rings is 1. The number of hydrogen-bond donors (Lipinski definition) is 1. The van der Waals surface area contributed by atoms with Crippen molar-refractivity contribution < 1.29 is 9.53 Å². The number of benzene rings is 1. The van der Waals surface area contributed by atoms with Crippen LogP contribution in [0.25, 0.3) is 11.0 Å². The van der Waals surface area contributed by atoms with Crippen molar-refractivity contribution in [2.45, 2.75) is 38.8 Å². The molecule has 0 radical (unpaired) electrons. The van der Waals surface area contributed by atoms with E-state index in [1.54, 1.807) is 4.57 Å². The normalized spacial score (nSPS) is 22.7. The van der Waals surface area contributed by atoms with Crippen LogP contribution in [0, 0.1) is 5.92 Å². The number of nitrogens with one attached hydrogen (secondary N) is 1. The van der Waals surface area contributed by atoms with Crippen LogP contribution in [0.4, 0.5) is 10.7 Å². The molecular formula is C18H24N4O2. The maximum Gasteiger partial charge on any atom is 0.328 e. The molecule has 4 rings (SSSR count). The SMILES string of the molecule is CC(C)CCNC(=O)n1c(N2C[C@H]3C[C@@H]2CO3)nc2ccccc21. The van der Waals surface area contributed by atoms with Crippen molar-refractivity contribution >= 4 is 23.0 Å². The van der Waals surface area contributed by atoms with E-state index in [1.165, 1.54) is 0 Å². The molecule has 1 N–H and O–H groups in total. The van der Waals surface area contributed by atoms with Crippen molar-refractivity contribution in [2.75, 3.05) is 24.6 Å². The van der Waals surface area contributed by atoms with Crippen LogP contribution in [-0.2, 0) is 4.74 Å². The van der Waals surface area contributed by atoms with Crippen molar-refractivity contribution in [3.8, 4) is 0 Å². The summed E-state index contributed by atoms with van der Waals surface area (Å²) in [7, 11) is 0. The summed E-state index contributed by atoms with van der Waals surface area (Å²) in [5, 5.41) is 3.04. The molecule has 0 aliphatic carbocycles. The summed E-state index contributed by atoms with van der Waals surface area (Å²) in [6.45, 7) is 6.53. The molecule has 2 aliphatic heterocycles. The minimum atomic E-state index is -0.0944. The summed E-state index contributed by atoms with van der Waals surface area (Å²) in [5.41, 5.74) is 1.72. The largest absolute Gasteiger partial charge is 0.374 e. The summed E-state index contributed by atoms with van der Waals surface area (Å²) in [5.74, 6) is 1.31. The second-order valence-electron chi connectivity index (χ2n) is 7.15. The zero-order valence-electron chi connectivity index (χ0n) is 14.2. The van der Waals surface area contributed by atoms with Crippen LogP contribution >= 0.6 is 0 Å². The fraction of sp³-hybridized carbons (Fsp3) is 0.556. The Bertz CT molecular complexity index is 755. The van der Waals surface area contributed by atoms with Crippen LogP contribution < -0.4 is 10.2 Å². The fourth-order valence-electron chi connectivity index (χ4n) is 3.60. The average molecular weight is 328 g/mol. The Labute approximate surface area is 141 Å². The van der Waals surface area contributed by atoms with Gasteiger partial charge in [0.15, 0.2) is 0 Å². The monoisotopic (exact) mass is 328 g/mol. The first kappa shape index (κ1) is 15.4. The molecule has 2 aromatic rings. The molecule has 2 atom stereocenters. The smallest absolute Gasteiger partial charge is 0.328 e. The third kappa shape index (κ3) is 2.65. The van der Waals surface area contributed by atoms with Gasteiger partial charge < -0.3 is 15.0 Å². The summed E-state index contributed by atoms with van der Waals surface area (Å²) >= 11 is 0. The van der Waals surface area contributed by atoms with Gasteiger partial charge in [-0.3, -0.25) is 0 Å². The van der Waals surface area contributed by atoms with Gasteiger partial charge in [-0.15, -0.1) is 0 Å². The Morgan fingerprint density at radius 2 is 2.25 bits per heavy atom. The highest BCUT2D eigenvalue weighted by Gasteiger charge is 2.41. The maximum atomic E-state index is 12.8. The molecule has 2 bridgehead atoms. The number of morpholine rings is 1. The molecule has 2 aliphatic rings. The van der Waals surface area contributed by atoms with Crippen molar-refractivity contribution in [3.05, 3.63) is 24.3 Å². The summed E-state index contributed by atoms with van der Waals surface area (Å²) in [4.78, 5) is 19.8. The second kappa shape index (κ2) is 6.09. The Morgan fingerprint density at radius 1 is 1.42 bits per heavy atom. The summed E-state index contributed by atoms with van der Waals surface area (Å²) in [6.07, 6.45) is 2.26. The van der Waals surface area contributed by atoms with Crippen LogP contribution in [0.2, 0.25) is 0 Å². The Balaban J connectivity index is 1.67. The Kier molecular flexibility index (Phi) is 3.92.